The first-order valence-corrected chi connectivity index (χ1v) is 9.76. The Morgan fingerprint density at radius 1 is 0.933 bits per heavy atom. The number of amides is 1. The monoisotopic (exact) mass is 402 g/mol. The third-order valence-corrected chi connectivity index (χ3v) is 5.22. The maximum atomic E-state index is 13.3. The minimum absolute atomic E-state index is 0.208. The normalized spacial score (nSPS) is 13.9. The molecule has 0 unspecified atom stereocenters. The van der Waals surface area contributed by atoms with Crippen molar-refractivity contribution in [2.24, 2.45) is 0 Å². The first-order valence-electron chi connectivity index (χ1n) is 9.76. The summed E-state index contributed by atoms with van der Waals surface area (Å²) in [5.41, 5.74) is 2.22. The molecule has 3 heterocycles. The van der Waals surface area contributed by atoms with E-state index in [1.165, 1.54) is 12.1 Å². The molecule has 0 spiro atoms. The van der Waals surface area contributed by atoms with Crippen molar-refractivity contribution in [3.8, 4) is 11.3 Å². The largest absolute Gasteiger partial charge is 0.451 e. The highest BCUT2D eigenvalue weighted by Gasteiger charge is 2.29. The molecule has 5 rings (SSSR count). The van der Waals surface area contributed by atoms with E-state index in [1.807, 2.05) is 36.2 Å². The number of carbonyl (C=O) groups excluding carboxylic acids is 1. The van der Waals surface area contributed by atoms with E-state index in [0.29, 0.717) is 29.5 Å². The van der Waals surface area contributed by atoms with Crippen LogP contribution in [0.15, 0.2) is 65.1 Å². The van der Waals surface area contributed by atoms with E-state index in [2.05, 4.69) is 0 Å². The molecule has 1 aliphatic heterocycles. The average Bonchev–Trinajstić information content (AvgIpc) is 3.20. The Labute approximate surface area is 172 Å². The van der Waals surface area contributed by atoms with Gasteiger partial charge >= 0.3 is 0 Å². The molecule has 0 aliphatic carbocycles. The van der Waals surface area contributed by atoms with Gasteiger partial charge in [-0.05, 0) is 55.0 Å². The molecular weight excluding hydrogens is 383 g/mol. The second-order valence-electron chi connectivity index (χ2n) is 7.26. The van der Waals surface area contributed by atoms with Crippen LogP contribution in [0.4, 0.5) is 16.0 Å². The van der Waals surface area contributed by atoms with Crippen LogP contribution in [0.2, 0.25) is 0 Å². The minimum Gasteiger partial charge on any atom is -0.451 e. The number of fused-ring (bicyclic) bond motifs is 2. The zero-order valence-corrected chi connectivity index (χ0v) is 16.4. The number of anilines is 2. The molecule has 7 heteroatoms. The molecule has 0 atom stereocenters. The van der Waals surface area contributed by atoms with Gasteiger partial charge in [-0.2, -0.15) is 0 Å². The Kier molecular flexibility index (Phi) is 4.43. The number of halogens is 1. The number of benzene rings is 2. The maximum Gasteiger partial charge on any atom is 0.295 e. The summed E-state index contributed by atoms with van der Waals surface area (Å²) in [6.07, 6.45) is 0.780. The van der Waals surface area contributed by atoms with Gasteiger partial charge in [-0.3, -0.25) is 9.69 Å². The maximum absolute atomic E-state index is 13.3. The van der Waals surface area contributed by atoms with Gasteiger partial charge in [0, 0.05) is 25.7 Å². The summed E-state index contributed by atoms with van der Waals surface area (Å²) in [6, 6.07) is 16.9. The fourth-order valence-corrected chi connectivity index (χ4v) is 3.65. The fourth-order valence-electron chi connectivity index (χ4n) is 3.65. The van der Waals surface area contributed by atoms with Crippen LogP contribution in [-0.4, -0.2) is 36.0 Å². The molecule has 0 fully saturated rings. The standard InChI is InChI=1S/C23H19FN4O2/c1-27-13-4-14-28(22-21(27)25-17-5-2-3-6-18(17)26-22)23(29)20-12-11-19(30-20)15-7-9-16(24)10-8-15/h2-3,5-12H,4,13-14H2,1H3. The first-order chi connectivity index (χ1) is 14.6. The topological polar surface area (TPSA) is 62.5 Å². The van der Waals surface area contributed by atoms with Gasteiger partial charge in [0.2, 0.25) is 0 Å². The molecule has 4 aromatic rings. The number of hydrogen-bond acceptors (Lipinski definition) is 5. The van der Waals surface area contributed by atoms with Gasteiger partial charge in [-0.15, -0.1) is 0 Å². The lowest BCUT2D eigenvalue weighted by Crippen LogP contribution is -2.32. The summed E-state index contributed by atoms with van der Waals surface area (Å²) >= 11 is 0. The highest BCUT2D eigenvalue weighted by atomic mass is 19.1. The van der Waals surface area contributed by atoms with Crippen LogP contribution in [0, 0.1) is 5.82 Å². The molecule has 150 valence electrons. The van der Waals surface area contributed by atoms with Gasteiger partial charge in [0.25, 0.3) is 5.91 Å². The van der Waals surface area contributed by atoms with Gasteiger partial charge in [-0.1, -0.05) is 12.1 Å². The predicted molar refractivity (Wildman–Crippen MR) is 113 cm³/mol. The van der Waals surface area contributed by atoms with Gasteiger partial charge in [0.15, 0.2) is 17.4 Å². The Morgan fingerprint density at radius 2 is 1.63 bits per heavy atom. The smallest absolute Gasteiger partial charge is 0.295 e. The van der Waals surface area contributed by atoms with E-state index in [4.69, 9.17) is 14.4 Å². The number of aromatic nitrogens is 2. The minimum atomic E-state index is -0.322. The van der Waals surface area contributed by atoms with Crippen molar-refractivity contribution >= 4 is 28.6 Å². The third-order valence-electron chi connectivity index (χ3n) is 5.22. The van der Waals surface area contributed by atoms with Gasteiger partial charge in [0.1, 0.15) is 11.6 Å². The van der Waals surface area contributed by atoms with E-state index < -0.39 is 0 Å². The Bertz CT molecular complexity index is 1240. The number of nitrogens with zero attached hydrogens (tertiary/aromatic N) is 4. The molecule has 0 N–H and O–H groups in total. The Morgan fingerprint density at radius 3 is 2.37 bits per heavy atom. The van der Waals surface area contributed by atoms with E-state index in [0.717, 1.165) is 24.0 Å². The van der Waals surface area contributed by atoms with E-state index >= 15 is 0 Å². The summed E-state index contributed by atoms with van der Waals surface area (Å²) in [4.78, 5) is 26.5. The van der Waals surface area contributed by atoms with Crippen LogP contribution in [0.1, 0.15) is 17.0 Å². The zero-order chi connectivity index (χ0) is 20.7. The SMILES string of the molecule is CN1CCCN(C(=O)c2ccc(-c3ccc(F)cc3)o2)c2nc3ccccc3nc21. The van der Waals surface area contributed by atoms with Crippen molar-refractivity contribution in [1.29, 1.82) is 0 Å². The summed E-state index contributed by atoms with van der Waals surface area (Å²) in [6.45, 7) is 1.28. The van der Waals surface area contributed by atoms with E-state index in [9.17, 15) is 9.18 Å². The lowest BCUT2D eigenvalue weighted by molar-refractivity contribution is 0.0960. The van der Waals surface area contributed by atoms with Crippen LogP contribution >= 0.6 is 0 Å². The molecule has 0 saturated carbocycles. The summed E-state index contributed by atoms with van der Waals surface area (Å²) < 4.78 is 19.0. The lowest BCUT2D eigenvalue weighted by Gasteiger charge is -2.22. The molecule has 1 amide bonds. The van der Waals surface area contributed by atoms with E-state index in [-0.39, 0.29) is 17.5 Å². The van der Waals surface area contributed by atoms with Crippen molar-refractivity contribution in [3.05, 3.63) is 72.2 Å². The van der Waals surface area contributed by atoms with Crippen LogP contribution in [-0.2, 0) is 0 Å². The van der Waals surface area contributed by atoms with Crippen molar-refractivity contribution in [3.63, 3.8) is 0 Å². The number of hydrogen-bond donors (Lipinski definition) is 0. The second-order valence-corrected chi connectivity index (χ2v) is 7.26. The quantitative estimate of drug-likeness (QED) is 0.493. The second kappa shape index (κ2) is 7.26. The van der Waals surface area contributed by atoms with Crippen molar-refractivity contribution < 1.29 is 13.6 Å². The van der Waals surface area contributed by atoms with Gasteiger partial charge in [0.05, 0.1) is 11.0 Å². The first kappa shape index (κ1) is 18.3. The molecule has 1 aliphatic rings. The van der Waals surface area contributed by atoms with Gasteiger partial charge < -0.3 is 9.32 Å². The van der Waals surface area contributed by atoms with Crippen LogP contribution in [0.3, 0.4) is 0 Å². The van der Waals surface area contributed by atoms with Crippen molar-refractivity contribution in [2.75, 3.05) is 29.9 Å². The summed E-state index contributed by atoms with van der Waals surface area (Å²) in [5, 5.41) is 0. The Hall–Kier alpha value is -3.74. The van der Waals surface area contributed by atoms with Crippen LogP contribution in [0.5, 0.6) is 0 Å². The van der Waals surface area contributed by atoms with Crippen molar-refractivity contribution in [2.45, 2.75) is 6.42 Å². The molecule has 0 bridgehead atoms. The lowest BCUT2D eigenvalue weighted by atomic mass is 10.2. The molecule has 30 heavy (non-hydrogen) atoms. The highest BCUT2D eigenvalue weighted by Crippen LogP contribution is 2.32. The highest BCUT2D eigenvalue weighted by molar-refractivity contribution is 6.06. The third kappa shape index (κ3) is 3.18. The zero-order valence-electron chi connectivity index (χ0n) is 16.4. The molecule has 2 aromatic carbocycles. The van der Waals surface area contributed by atoms with Crippen LogP contribution in [0.25, 0.3) is 22.4 Å². The molecule has 6 nitrogen and oxygen atoms in total. The Balaban J connectivity index is 1.54. The number of carbonyl (C=O) groups is 1. The molecule has 2 aromatic heterocycles. The van der Waals surface area contributed by atoms with E-state index in [1.54, 1.807) is 29.2 Å². The summed E-state index contributed by atoms with van der Waals surface area (Å²) in [7, 11) is 1.95. The van der Waals surface area contributed by atoms with Crippen molar-refractivity contribution in [1.82, 2.24) is 9.97 Å². The fraction of sp³-hybridized carbons (Fsp3) is 0.174. The molecule has 0 radical (unpaired) electrons. The number of furan rings is 1. The molecular formula is C23H19FN4O2. The van der Waals surface area contributed by atoms with Crippen LogP contribution < -0.4 is 9.80 Å². The molecule has 0 saturated heterocycles. The predicted octanol–water partition coefficient (Wildman–Crippen LogP) is 4.52. The summed E-state index contributed by atoms with van der Waals surface area (Å²) in [5.74, 6) is 1.32. The number of rotatable bonds is 2. The average molecular weight is 402 g/mol. The number of para-hydroxylation sites is 2. The van der Waals surface area contributed by atoms with Gasteiger partial charge in [-0.25, -0.2) is 14.4 Å².